The van der Waals surface area contributed by atoms with Crippen LogP contribution in [0.4, 0.5) is 0 Å². The normalized spacial score (nSPS) is 23.5. The van der Waals surface area contributed by atoms with Gasteiger partial charge in [0, 0.05) is 25.7 Å². The standard InChI is InChI=1S/C21H27N3O4/c22-12-17-1-2-19-20(11-17)28-18(14-27-19)13-23-6-3-16(4-7-23)5-8-24-9-10-26-15-21(24)25/h1-2,11,16,18H,3-10,13-15H2/t18-/m0/s1. The fraction of sp³-hybridized carbons (Fsp3) is 0.619. The summed E-state index contributed by atoms with van der Waals surface area (Å²) in [6.07, 6.45) is 3.37. The Labute approximate surface area is 165 Å². The first-order valence-corrected chi connectivity index (χ1v) is 10.1. The number of carbonyl (C=O) groups is 1. The van der Waals surface area contributed by atoms with Crippen LogP contribution in [0.1, 0.15) is 24.8 Å². The van der Waals surface area contributed by atoms with Gasteiger partial charge in [-0.25, -0.2) is 0 Å². The average Bonchev–Trinajstić information content (AvgIpc) is 2.73. The minimum absolute atomic E-state index is 0.0102. The maximum Gasteiger partial charge on any atom is 0.248 e. The molecule has 0 radical (unpaired) electrons. The van der Waals surface area contributed by atoms with Crippen LogP contribution < -0.4 is 9.47 Å². The van der Waals surface area contributed by atoms with E-state index in [-0.39, 0.29) is 18.6 Å². The molecule has 0 aliphatic carbocycles. The number of nitrogens with zero attached hydrogens (tertiary/aromatic N) is 3. The van der Waals surface area contributed by atoms with Crippen molar-refractivity contribution in [2.75, 3.05) is 52.5 Å². The van der Waals surface area contributed by atoms with Crippen molar-refractivity contribution in [1.29, 1.82) is 5.26 Å². The number of piperidine rings is 1. The molecule has 0 saturated carbocycles. The van der Waals surface area contributed by atoms with Crippen LogP contribution in [0.5, 0.6) is 11.5 Å². The number of hydrogen-bond donors (Lipinski definition) is 0. The molecule has 0 bridgehead atoms. The van der Waals surface area contributed by atoms with Crippen molar-refractivity contribution in [3.63, 3.8) is 0 Å². The second-order valence-electron chi connectivity index (χ2n) is 7.79. The lowest BCUT2D eigenvalue weighted by molar-refractivity contribution is -0.142. The third-order valence-electron chi connectivity index (χ3n) is 5.85. The third kappa shape index (κ3) is 4.57. The monoisotopic (exact) mass is 385 g/mol. The predicted molar refractivity (Wildman–Crippen MR) is 102 cm³/mol. The van der Waals surface area contributed by atoms with Crippen LogP contribution in [-0.2, 0) is 9.53 Å². The average molecular weight is 385 g/mol. The van der Waals surface area contributed by atoms with E-state index < -0.39 is 0 Å². The summed E-state index contributed by atoms with van der Waals surface area (Å²) in [6, 6.07) is 7.44. The number of morpholine rings is 1. The first-order chi connectivity index (χ1) is 13.7. The Hall–Kier alpha value is -2.30. The van der Waals surface area contributed by atoms with Gasteiger partial charge >= 0.3 is 0 Å². The molecule has 0 N–H and O–H groups in total. The molecule has 7 heteroatoms. The molecule has 1 aromatic rings. The van der Waals surface area contributed by atoms with E-state index in [1.54, 1.807) is 18.2 Å². The van der Waals surface area contributed by atoms with Crippen LogP contribution in [0.25, 0.3) is 0 Å². The lowest BCUT2D eigenvalue weighted by Crippen LogP contribution is -2.45. The molecule has 4 rings (SSSR count). The summed E-state index contributed by atoms with van der Waals surface area (Å²) in [4.78, 5) is 16.2. The molecular weight excluding hydrogens is 358 g/mol. The van der Waals surface area contributed by atoms with Gasteiger partial charge in [0.1, 0.15) is 19.3 Å². The highest BCUT2D eigenvalue weighted by atomic mass is 16.6. The summed E-state index contributed by atoms with van der Waals surface area (Å²) >= 11 is 0. The molecule has 2 saturated heterocycles. The van der Waals surface area contributed by atoms with Gasteiger partial charge in [-0.3, -0.25) is 9.69 Å². The largest absolute Gasteiger partial charge is 0.486 e. The minimum atomic E-state index is -0.0102. The summed E-state index contributed by atoms with van der Waals surface area (Å²) in [5.74, 6) is 2.18. The van der Waals surface area contributed by atoms with Crippen molar-refractivity contribution in [3.05, 3.63) is 23.8 Å². The van der Waals surface area contributed by atoms with Crippen molar-refractivity contribution in [2.24, 2.45) is 5.92 Å². The van der Waals surface area contributed by atoms with Crippen molar-refractivity contribution >= 4 is 5.91 Å². The molecule has 1 atom stereocenters. The first-order valence-electron chi connectivity index (χ1n) is 10.1. The van der Waals surface area contributed by atoms with E-state index in [0.717, 1.165) is 52.0 Å². The fourth-order valence-electron chi connectivity index (χ4n) is 4.15. The van der Waals surface area contributed by atoms with Crippen LogP contribution in [0.15, 0.2) is 18.2 Å². The Morgan fingerprint density at radius 2 is 2.04 bits per heavy atom. The first kappa shape index (κ1) is 19.0. The maximum atomic E-state index is 11.8. The molecule has 2 fully saturated rings. The van der Waals surface area contributed by atoms with Crippen molar-refractivity contribution in [2.45, 2.75) is 25.4 Å². The van der Waals surface area contributed by atoms with Gasteiger partial charge in [0.05, 0.1) is 18.2 Å². The molecule has 3 aliphatic rings. The highest BCUT2D eigenvalue weighted by Gasteiger charge is 2.27. The van der Waals surface area contributed by atoms with Gasteiger partial charge in [0.15, 0.2) is 11.5 Å². The van der Waals surface area contributed by atoms with E-state index in [2.05, 4.69) is 11.0 Å². The molecular formula is C21H27N3O4. The zero-order valence-corrected chi connectivity index (χ0v) is 16.1. The number of ether oxygens (including phenoxy) is 3. The highest BCUT2D eigenvalue weighted by molar-refractivity contribution is 5.77. The topological polar surface area (TPSA) is 75.0 Å². The number of amides is 1. The van der Waals surface area contributed by atoms with Crippen molar-refractivity contribution in [3.8, 4) is 17.6 Å². The van der Waals surface area contributed by atoms with E-state index in [4.69, 9.17) is 19.5 Å². The van der Waals surface area contributed by atoms with Gasteiger partial charge in [0.2, 0.25) is 5.91 Å². The van der Waals surface area contributed by atoms with E-state index in [1.807, 2.05) is 4.90 Å². The van der Waals surface area contributed by atoms with Gasteiger partial charge < -0.3 is 19.1 Å². The summed E-state index contributed by atoms with van der Waals surface area (Å²) in [5, 5.41) is 9.05. The quantitative estimate of drug-likeness (QED) is 0.767. The smallest absolute Gasteiger partial charge is 0.248 e. The Morgan fingerprint density at radius 1 is 1.18 bits per heavy atom. The highest BCUT2D eigenvalue weighted by Crippen LogP contribution is 2.33. The van der Waals surface area contributed by atoms with Gasteiger partial charge in [-0.05, 0) is 50.4 Å². The molecule has 3 heterocycles. The van der Waals surface area contributed by atoms with Gasteiger partial charge in [-0.1, -0.05) is 0 Å². The van der Waals surface area contributed by atoms with Crippen molar-refractivity contribution < 1.29 is 19.0 Å². The molecule has 28 heavy (non-hydrogen) atoms. The van der Waals surface area contributed by atoms with Crippen LogP contribution in [0.3, 0.4) is 0 Å². The molecule has 1 aromatic carbocycles. The molecule has 150 valence electrons. The Bertz CT molecular complexity index is 740. The zero-order chi connectivity index (χ0) is 19.3. The third-order valence-corrected chi connectivity index (χ3v) is 5.85. The van der Waals surface area contributed by atoms with Crippen LogP contribution in [0, 0.1) is 17.2 Å². The van der Waals surface area contributed by atoms with E-state index >= 15 is 0 Å². The minimum Gasteiger partial charge on any atom is -0.486 e. The molecule has 0 spiro atoms. The molecule has 0 aromatic heterocycles. The van der Waals surface area contributed by atoms with Gasteiger partial charge in [-0.15, -0.1) is 0 Å². The van der Waals surface area contributed by atoms with Crippen molar-refractivity contribution in [1.82, 2.24) is 9.80 Å². The summed E-state index contributed by atoms with van der Waals surface area (Å²) in [6.45, 7) is 5.95. The lowest BCUT2D eigenvalue weighted by atomic mass is 9.93. The Kier molecular flexibility index (Phi) is 5.98. The molecule has 7 nitrogen and oxygen atoms in total. The van der Waals surface area contributed by atoms with E-state index in [9.17, 15) is 4.79 Å². The number of hydrogen-bond acceptors (Lipinski definition) is 6. The molecule has 0 unspecified atom stereocenters. The molecule has 1 amide bonds. The SMILES string of the molecule is N#Cc1ccc2c(c1)O[C@@H](CN1CCC(CCN3CCOCC3=O)CC1)CO2. The predicted octanol–water partition coefficient (Wildman–Crippen LogP) is 1.66. The fourth-order valence-corrected chi connectivity index (χ4v) is 4.15. The maximum absolute atomic E-state index is 11.8. The number of carbonyl (C=O) groups excluding carboxylic acids is 1. The number of nitriles is 1. The van der Waals surface area contributed by atoms with Gasteiger partial charge in [-0.2, -0.15) is 5.26 Å². The second kappa shape index (κ2) is 8.80. The number of benzene rings is 1. The molecule has 3 aliphatic heterocycles. The number of rotatable bonds is 5. The number of likely N-dealkylation sites (tertiary alicyclic amines) is 1. The zero-order valence-electron chi connectivity index (χ0n) is 16.1. The van der Waals surface area contributed by atoms with Crippen LogP contribution >= 0.6 is 0 Å². The van der Waals surface area contributed by atoms with Crippen LogP contribution in [-0.4, -0.2) is 74.4 Å². The van der Waals surface area contributed by atoms with Crippen LogP contribution in [0.2, 0.25) is 0 Å². The summed E-state index contributed by atoms with van der Waals surface area (Å²) in [7, 11) is 0. The number of fused-ring (bicyclic) bond motifs is 1. The van der Waals surface area contributed by atoms with E-state index in [0.29, 0.717) is 36.2 Å². The Balaban J connectivity index is 1.20. The summed E-state index contributed by atoms with van der Waals surface area (Å²) < 4.78 is 17.1. The lowest BCUT2D eigenvalue weighted by Gasteiger charge is -2.36. The van der Waals surface area contributed by atoms with E-state index in [1.165, 1.54) is 0 Å². The summed E-state index contributed by atoms with van der Waals surface area (Å²) in [5.41, 5.74) is 0.586. The van der Waals surface area contributed by atoms with Gasteiger partial charge in [0.25, 0.3) is 0 Å². The second-order valence-corrected chi connectivity index (χ2v) is 7.79. The Morgan fingerprint density at radius 3 is 2.82 bits per heavy atom.